The SMILES string of the molecule is CC(C)C[C@H](NC(=O)[C@H](CO)NC(=O)[C@H](CCCCN)NC(=O)[C@@H](N)CS)C(=O)N[C@@H](CCC(=O)O)C(=O)N[C@@H](CC(N)=O)C(=O)N[C@@H](CO)C(=O)N[C@@H](Cc1ccc(O)cc1)C(=O)N[C@@H](CS)C(=O)O. The fourth-order valence-corrected chi connectivity index (χ4v) is 6.74. The van der Waals surface area contributed by atoms with Gasteiger partial charge in [0.25, 0.3) is 0 Å². The summed E-state index contributed by atoms with van der Waals surface area (Å²) in [5.41, 5.74) is 17.0. The van der Waals surface area contributed by atoms with Gasteiger partial charge in [0.2, 0.25) is 53.2 Å². The first-order chi connectivity index (χ1) is 33.4. The monoisotopic (exact) mass is 1050 g/mol. The van der Waals surface area contributed by atoms with E-state index in [0.717, 1.165) is 0 Å². The molecule has 27 nitrogen and oxygen atoms in total. The molecule has 9 amide bonds. The molecule has 0 aliphatic heterocycles. The highest BCUT2D eigenvalue weighted by molar-refractivity contribution is 7.80. The molecule has 0 saturated heterocycles. The number of hydrogen-bond donors (Lipinski definition) is 18. The molecule has 9 atom stereocenters. The molecule has 0 aromatic heterocycles. The first kappa shape index (κ1) is 62.7. The van der Waals surface area contributed by atoms with Gasteiger partial charge in [-0.2, -0.15) is 25.3 Å². The zero-order valence-electron chi connectivity index (χ0n) is 39.1. The van der Waals surface area contributed by atoms with Crippen LogP contribution in [0.25, 0.3) is 0 Å². The van der Waals surface area contributed by atoms with E-state index in [2.05, 4.69) is 67.8 Å². The number of benzene rings is 1. The van der Waals surface area contributed by atoms with Crippen molar-refractivity contribution in [1.29, 1.82) is 0 Å². The second-order valence-corrected chi connectivity index (χ2v) is 17.3. The average Bonchev–Trinajstić information content (AvgIpc) is 3.31. The number of aliphatic carboxylic acids is 2. The van der Waals surface area contributed by atoms with Crippen molar-refractivity contribution in [2.24, 2.45) is 23.1 Å². The summed E-state index contributed by atoms with van der Waals surface area (Å²) >= 11 is 7.89. The maximum Gasteiger partial charge on any atom is 0.327 e. The minimum atomic E-state index is -1.95. The molecule has 19 N–H and O–H groups in total. The van der Waals surface area contributed by atoms with Crippen LogP contribution < -0.4 is 59.7 Å². The molecule has 0 saturated carbocycles. The lowest BCUT2D eigenvalue weighted by Gasteiger charge is -2.28. The molecule has 0 bridgehead atoms. The second-order valence-electron chi connectivity index (χ2n) is 16.6. The molecule has 0 aliphatic carbocycles. The third-order valence-corrected chi connectivity index (χ3v) is 11.0. The number of aliphatic hydroxyl groups is 2. The van der Waals surface area contributed by atoms with Gasteiger partial charge < -0.3 is 85.3 Å². The number of unbranched alkanes of at least 4 members (excludes halogenated alkanes) is 1. The van der Waals surface area contributed by atoms with Gasteiger partial charge >= 0.3 is 11.9 Å². The van der Waals surface area contributed by atoms with E-state index in [0.29, 0.717) is 18.4 Å². The maximum absolute atomic E-state index is 13.8. The number of carbonyl (C=O) groups excluding carboxylic acids is 9. The number of hydrogen-bond acceptors (Lipinski definition) is 18. The molecule has 0 aliphatic rings. The zero-order valence-corrected chi connectivity index (χ0v) is 40.9. The van der Waals surface area contributed by atoms with E-state index in [1.165, 1.54) is 24.3 Å². The van der Waals surface area contributed by atoms with Gasteiger partial charge in [-0.3, -0.25) is 47.9 Å². The van der Waals surface area contributed by atoms with Crippen molar-refractivity contribution in [3.8, 4) is 5.75 Å². The number of nitrogens with two attached hydrogens (primary N) is 3. The summed E-state index contributed by atoms with van der Waals surface area (Å²) in [7, 11) is 0. The van der Waals surface area contributed by atoms with Crippen LogP contribution in [0.1, 0.15) is 64.4 Å². The number of phenols is 1. The number of thiol groups is 2. The van der Waals surface area contributed by atoms with Crippen LogP contribution in [-0.2, 0) is 59.2 Å². The van der Waals surface area contributed by atoms with Crippen LogP contribution in [0.2, 0.25) is 0 Å². The largest absolute Gasteiger partial charge is 0.508 e. The van der Waals surface area contributed by atoms with E-state index >= 15 is 0 Å². The average molecular weight is 1050 g/mol. The quantitative estimate of drug-likeness (QED) is 0.0226. The second kappa shape index (κ2) is 32.6. The third-order valence-electron chi connectivity index (χ3n) is 10.2. The van der Waals surface area contributed by atoms with E-state index in [-0.39, 0.29) is 49.0 Å². The van der Waals surface area contributed by atoms with Gasteiger partial charge in [-0.1, -0.05) is 26.0 Å². The maximum atomic E-state index is 13.8. The smallest absolute Gasteiger partial charge is 0.327 e. The van der Waals surface area contributed by atoms with Gasteiger partial charge in [0.1, 0.15) is 54.1 Å². The standard InChI is InChI=1S/C42H67N11O16S2/c1-20(2)13-26(48-40(66)29(16-54)51-35(61)24(5-3-4-12-43)46-34(60)23(44)18-70)37(63)47-25(10-11-33(58)59)36(62)50-28(15-32(45)57)39(65)52-30(17-55)41(67)49-27(14-21-6-8-22(56)9-7-21)38(64)53-31(19-71)42(68)69/h6-9,20,23-31,54-56,70-71H,3-5,10-19,43-44H2,1-2H3,(H2,45,57)(H,46,60)(H,47,63)(H,48,66)(H,49,67)(H,50,62)(H,51,61)(H,52,65)(H,53,64)(H,58,59)(H,68,69)/t23-,24-,25-,26-,27-,28-,29-,30-,31-/m0/s1. The normalized spacial score (nSPS) is 14.8. The van der Waals surface area contributed by atoms with E-state index < -0.39 is 152 Å². The highest BCUT2D eigenvalue weighted by Crippen LogP contribution is 2.13. The molecule has 0 fully saturated rings. The van der Waals surface area contributed by atoms with E-state index in [1.807, 2.05) is 0 Å². The summed E-state index contributed by atoms with van der Waals surface area (Å²) in [6, 6.07) is -8.85. The molecule has 1 aromatic carbocycles. The van der Waals surface area contributed by atoms with Crippen LogP contribution in [0, 0.1) is 5.92 Å². The summed E-state index contributed by atoms with van der Waals surface area (Å²) in [5, 5.41) is 67.1. The lowest BCUT2D eigenvalue weighted by atomic mass is 10.0. The fourth-order valence-electron chi connectivity index (χ4n) is 6.33. The number of amides is 9. The molecule has 29 heteroatoms. The number of phenolic OH excluding ortho intramolecular Hbond substituents is 1. The first-order valence-electron chi connectivity index (χ1n) is 22.2. The Kier molecular flexibility index (Phi) is 28.8. The van der Waals surface area contributed by atoms with Crippen LogP contribution in [0.5, 0.6) is 5.75 Å². The lowest BCUT2D eigenvalue weighted by molar-refractivity contribution is -0.141. The van der Waals surface area contributed by atoms with Crippen LogP contribution >= 0.6 is 25.3 Å². The Labute approximate surface area is 419 Å². The molecular weight excluding hydrogens is 979 g/mol. The lowest BCUT2D eigenvalue weighted by Crippen LogP contribution is -2.61. The van der Waals surface area contributed by atoms with E-state index in [1.54, 1.807) is 13.8 Å². The predicted molar refractivity (Wildman–Crippen MR) is 258 cm³/mol. The van der Waals surface area contributed by atoms with Crippen LogP contribution in [0.15, 0.2) is 24.3 Å². The number of carboxylic acids is 2. The van der Waals surface area contributed by atoms with Crippen molar-refractivity contribution in [2.45, 2.75) is 120 Å². The van der Waals surface area contributed by atoms with Crippen molar-refractivity contribution in [1.82, 2.24) is 42.5 Å². The van der Waals surface area contributed by atoms with Crippen molar-refractivity contribution >= 4 is 90.4 Å². The molecule has 398 valence electrons. The molecule has 0 radical (unpaired) electrons. The van der Waals surface area contributed by atoms with Crippen LogP contribution in [0.4, 0.5) is 0 Å². The summed E-state index contributed by atoms with van der Waals surface area (Å²) in [6.07, 6.45) is -1.83. The predicted octanol–water partition coefficient (Wildman–Crippen LogP) is -6.02. The van der Waals surface area contributed by atoms with Crippen molar-refractivity contribution in [3.05, 3.63) is 29.8 Å². The Bertz CT molecular complexity index is 2000. The van der Waals surface area contributed by atoms with Crippen molar-refractivity contribution in [3.63, 3.8) is 0 Å². The fraction of sp³-hybridized carbons (Fsp3) is 0.595. The number of rotatable bonds is 34. The van der Waals surface area contributed by atoms with Gasteiger partial charge in [0.05, 0.1) is 25.7 Å². The minimum absolute atomic E-state index is 0.0507. The first-order valence-corrected chi connectivity index (χ1v) is 23.5. The third kappa shape index (κ3) is 23.5. The number of nitrogens with one attached hydrogen (secondary N) is 8. The van der Waals surface area contributed by atoms with E-state index in [4.69, 9.17) is 17.2 Å². The topological polar surface area (TPSA) is 463 Å². The molecule has 0 spiro atoms. The molecule has 71 heavy (non-hydrogen) atoms. The van der Waals surface area contributed by atoms with Gasteiger partial charge in [-0.25, -0.2) is 4.79 Å². The van der Waals surface area contributed by atoms with Gasteiger partial charge in [0, 0.05) is 24.3 Å². The Balaban J connectivity index is 3.38. The highest BCUT2D eigenvalue weighted by atomic mass is 32.1. The van der Waals surface area contributed by atoms with Gasteiger partial charge in [-0.15, -0.1) is 0 Å². The summed E-state index contributed by atoms with van der Waals surface area (Å²) in [4.78, 5) is 143. The zero-order chi connectivity index (χ0) is 54.0. The number of aliphatic hydroxyl groups excluding tert-OH is 2. The molecule has 0 heterocycles. The van der Waals surface area contributed by atoms with Crippen LogP contribution in [-0.4, -0.2) is 176 Å². The number of carbonyl (C=O) groups is 11. The Morgan fingerprint density at radius 3 is 1.45 bits per heavy atom. The molecular formula is C42H67N11O16S2. The number of primary amides is 1. The van der Waals surface area contributed by atoms with Gasteiger partial charge in [0.15, 0.2) is 0 Å². The Morgan fingerprint density at radius 1 is 0.563 bits per heavy atom. The Hall–Kier alpha value is -6.27. The van der Waals surface area contributed by atoms with Crippen molar-refractivity contribution in [2.75, 3.05) is 31.3 Å². The Morgan fingerprint density at radius 2 is 0.986 bits per heavy atom. The number of carboxylic acid groups (broad SMARTS) is 2. The molecule has 1 aromatic rings. The number of aromatic hydroxyl groups is 1. The van der Waals surface area contributed by atoms with E-state index in [9.17, 15) is 78.3 Å². The molecule has 0 unspecified atom stereocenters. The summed E-state index contributed by atoms with van der Waals surface area (Å²) < 4.78 is 0. The summed E-state index contributed by atoms with van der Waals surface area (Å²) in [6.45, 7) is 1.46. The summed E-state index contributed by atoms with van der Waals surface area (Å²) in [5.74, 6) is -13.5. The molecule has 1 rings (SSSR count). The van der Waals surface area contributed by atoms with Crippen molar-refractivity contribution < 1.29 is 78.3 Å². The minimum Gasteiger partial charge on any atom is -0.508 e. The van der Waals surface area contributed by atoms with Gasteiger partial charge in [-0.05, 0) is 62.3 Å². The highest BCUT2D eigenvalue weighted by Gasteiger charge is 2.35. The van der Waals surface area contributed by atoms with Crippen LogP contribution in [0.3, 0.4) is 0 Å².